The number of rotatable bonds is 5. The number of fused-ring (bicyclic) bond motifs is 1. The van der Waals surface area contributed by atoms with E-state index in [2.05, 4.69) is 25.9 Å². The van der Waals surface area contributed by atoms with E-state index in [9.17, 15) is 9.18 Å². The van der Waals surface area contributed by atoms with Crippen molar-refractivity contribution in [3.05, 3.63) is 62.7 Å². The summed E-state index contributed by atoms with van der Waals surface area (Å²) in [4.78, 5) is 21.9. The second-order valence-corrected chi connectivity index (χ2v) is 8.14. The van der Waals surface area contributed by atoms with Gasteiger partial charge in [0.2, 0.25) is 0 Å². The smallest absolute Gasteiger partial charge is 0.263 e. The van der Waals surface area contributed by atoms with E-state index in [0.29, 0.717) is 33.0 Å². The largest absolute Gasteiger partial charge is 0.376 e. The van der Waals surface area contributed by atoms with Gasteiger partial charge in [-0.05, 0) is 42.7 Å². The molecule has 1 aromatic carbocycles. The molecule has 27 heavy (non-hydrogen) atoms. The Kier molecular flexibility index (Phi) is 5.56. The summed E-state index contributed by atoms with van der Waals surface area (Å²) in [6, 6.07) is 8.08. The first-order chi connectivity index (χ1) is 13.1. The Bertz CT molecular complexity index is 1040. The molecule has 0 bridgehead atoms. The Hall–Kier alpha value is -1.77. The Morgan fingerprint density at radius 2 is 2.26 bits per heavy atom. The standard InChI is InChI=1S/C19H17BrFN3O2S/c20-16-9-13(21)6-5-12(16)11-27-19-23-17-15(4-1-7-22-17)18(25)24(19)10-14-3-2-8-26-14/h1,4-7,9,14H,2-3,8,10-11H2. The van der Waals surface area contributed by atoms with Crippen LogP contribution < -0.4 is 5.56 Å². The van der Waals surface area contributed by atoms with Gasteiger partial charge in [-0.15, -0.1) is 0 Å². The lowest BCUT2D eigenvalue weighted by atomic mass is 10.2. The summed E-state index contributed by atoms with van der Waals surface area (Å²) in [5, 5.41) is 1.10. The number of thioether (sulfide) groups is 1. The van der Waals surface area contributed by atoms with Crippen molar-refractivity contribution in [2.45, 2.75) is 36.4 Å². The highest BCUT2D eigenvalue weighted by molar-refractivity contribution is 9.10. The molecule has 3 aromatic rings. The van der Waals surface area contributed by atoms with Gasteiger partial charge in [-0.3, -0.25) is 9.36 Å². The van der Waals surface area contributed by atoms with Crippen LogP contribution in [0.1, 0.15) is 18.4 Å². The van der Waals surface area contributed by atoms with E-state index in [0.717, 1.165) is 25.0 Å². The van der Waals surface area contributed by atoms with E-state index in [1.807, 2.05) is 0 Å². The molecule has 0 radical (unpaired) electrons. The molecular weight excluding hydrogens is 433 g/mol. The molecule has 0 amide bonds. The van der Waals surface area contributed by atoms with Gasteiger partial charge in [-0.2, -0.15) is 0 Å². The summed E-state index contributed by atoms with van der Waals surface area (Å²) < 4.78 is 21.4. The summed E-state index contributed by atoms with van der Waals surface area (Å²) in [7, 11) is 0. The SMILES string of the molecule is O=c1c2cccnc2nc(SCc2ccc(F)cc2Br)n1CC1CCCO1. The number of benzene rings is 1. The molecule has 0 aliphatic carbocycles. The molecule has 0 N–H and O–H groups in total. The van der Waals surface area contributed by atoms with E-state index in [1.54, 1.807) is 29.0 Å². The fraction of sp³-hybridized carbons (Fsp3) is 0.316. The molecule has 0 spiro atoms. The van der Waals surface area contributed by atoms with Crippen LogP contribution in [-0.2, 0) is 17.0 Å². The zero-order valence-corrected chi connectivity index (χ0v) is 16.8. The molecule has 1 fully saturated rings. The quantitative estimate of drug-likeness (QED) is 0.432. The second kappa shape index (κ2) is 8.08. The first kappa shape index (κ1) is 18.6. The van der Waals surface area contributed by atoms with Crippen molar-refractivity contribution < 1.29 is 9.13 Å². The first-order valence-electron chi connectivity index (χ1n) is 8.66. The van der Waals surface area contributed by atoms with Gasteiger partial charge < -0.3 is 4.74 Å². The predicted molar refractivity (Wildman–Crippen MR) is 106 cm³/mol. The zero-order valence-electron chi connectivity index (χ0n) is 14.4. The third kappa shape index (κ3) is 4.07. The normalized spacial score (nSPS) is 16.9. The number of hydrogen-bond acceptors (Lipinski definition) is 5. The molecular formula is C19H17BrFN3O2S. The van der Waals surface area contributed by atoms with Crippen LogP contribution in [0, 0.1) is 5.82 Å². The molecule has 0 saturated carbocycles. The lowest BCUT2D eigenvalue weighted by Crippen LogP contribution is -2.29. The summed E-state index contributed by atoms with van der Waals surface area (Å²) in [6.45, 7) is 1.20. The van der Waals surface area contributed by atoms with Gasteiger partial charge in [0.1, 0.15) is 5.82 Å². The molecule has 140 valence electrons. The maximum absolute atomic E-state index is 13.3. The van der Waals surface area contributed by atoms with Gasteiger partial charge in [0.15, 0.2) is 10.8 Å². The van der Waals surface area contributed by atoms with Crippen molar-refractivity contribution >= 4 is 38.7 Å². The van der Waals surface area contributed by atoms with E-state index in [-0.39, 0.29) is 17.5 Å². The third-order valence-corrected chi connectivity index (χ3v) is 6.24. The molecule has 5 nitrogen and oxygen atoms in total. The van der Waals surface area contributed by atoms with Crippen LogP contribution >= 0.6 is 27.7 Å². The van der Waals surface area contributed by atoms with Crippen molar-refractivity contribution in [1.82, 2.24) is 14.5 Å². The number of aromatic nitrogens is 3. The van der Waals surface area contributed by atoms with Gasteiger partial charge in [0, 0.05) is 23.0 Å². The fourth-order valence-electron chi connectivity index (χ4n) is 3.08. The number of ether oxygens (including phenoxy) is 1. The fourth-order valence-corrected chi connectivity index (χ4v) is 4.76. The number of halogens is 2. The van der Waals surface area contributed by atoms with Crippen LogP contribution in [0.3, 0.4) is 0 Å². The molecule has 3 heterocycles. The molecule has 4 rings (SSSR count). The minimum absolute atomic E-state index is 0.0236. The van der Waals surface area contributed by atoms with E-state index < -0.39 is 0 Å². The maximum Gasteiger partial charge on any atom is 0.263 e. The minimum Gasteiger partial charge on any atom is -0.376 e. The van der Waals surface area contributed by atoms with Gasteiger partial charge in [0.25, 0.3) is 5.56 Å². The molecule has 2 aromatic heterocycles. The highest BCUT2D eigenvalue weighted by Crippen LogP contribution is 2.27. The minimum atomic E-state index is -0.293. The average molecular weight is 450 g/mol. The number of hydrogen-bond donors (Lipinski definition) is 0. The third-order valence-electron chi connectivity index (χ3n) is 4.48. The van der Waals surface area contributed by atoms with Crippen molar-refractivity contribution in [1.29, 1.82) is 0 Å². The molecule has 1 atom stereocenters. The van der Waals surface area contributed by atoms with Crippen molar-refractivity contribution in [2.24, 2.45) is 0 Å². The van der Waals surface area contributed by atoms with Crippen LogP contribution in [0.4, 0.5) is 4.39 Å². The molecule has 1 saturated heterocycles. The summed E-state index contributed by atoms with van der Waals surface area (Å²) in [5.41, 5.74) is 1.26. The van der Waals surface area contributed by atoms with Gasteiger partial charge >= 0.3 is 0 Å². The molecule has 1 aliphatic heterocycles. The Labute approximate surface area is 168 Å². The Balaban J connectivity index is 1.69. The molecule has 1 aliphatic rings. The zero-order chi connectivity index (χ0) is 18.8. The summed E-state index contributed by atoms with van der Waals surface area (Å²) in [6.07, 6.45) is 3.60. The van der Waals surface area contributed by atoms with E-state index in [1.165, 1.54) is 23.9 Å². The monoisotopic (exact) mass is 449 g/mol. The van der Waals surface area contributed by atoms with Crippen molar-refractivity contribution in [3.63, 3.8) is 0 Å². The molecule has 8 heteroatoms. The summed E-state index contributed by atoms with van der Waals surface area (Å²) >= 11 is 4.83. The maximum atomic E-state index is 13.3. The number of nitrogens with zero attached hydrogens (tertiary/aromatic N) is 3. The highest BCUT2D eigenvalue weighted by atomic mass is 79.9. The first-order valence-corrected chi connectivity index (χ1v) is 10.4. The van der Waals surface area contributed by atoms with Gasteiger partial charge in [-0.25, -0.2) is 14.4 Å². The Morgan fingerprint density at radius 3 is 3.04 bits per heavy atom. The second-order valence-electron chi connectivity index (χ2n) is 6.34. The predicted octanol–water partition coefficient (Wildman–Crippen LogP) is 4.16. The van der Waals surface area contributed by atoms with E-state index >= 15 is 0 Å². The van der Waals surface area contributed by atoms with Crippen molar-refractivity contribution in [3.8, 4) is 0 Å². The van der Waals surface area contributed by atoms with Gasteiger partial charge in [0.05, 0.1) is 18.0 Å². The lowest BCUT2D eigenvalue weighted by Gasteiger charge is -2.16. The average Bonchev–Trinajstić information content (AvgIpc) is 3.17. The van der Waals surface area contributed by atoms with E-state index in [4.69, 9.17) is 4.74 Å². The Morgan fingerprint density at radius 1 is 1.37 bits per heavy atom. The highest BCUT2D eigenvalue weighted by Gasteiger charge is 2.20. The molecule has 1 unspecified atom stereocenters. The topological polar surface area (TPSA) is 57.0 Å². The lowest BCUT2D eigenvalue weighted by molar-refractivity contribution is 0.0937. The van der Waals surface area contributed by atoms with Crippen LogP contribution in [-0.4, -0.2) is 27.2 Å². The van der Waals surface area contributed by atoms with Crippen LogP contribution in [0.5, 0.6) is 0 Å². The summed E-state index contributed by atoms with van der Waals surface area (Å²) in [5.74, 6) is 0.260. The van der Waals surface area contributed by atoms with Crippen molar-refractivity contribution in [2.75, 3.05) is 6.61 Å². The number of pyridine rings is 1. The van der Waals surface area contributed by atoms with Crippen LogP contribution in [0.25, 0.3) is 11.0 Å². The van der Waals surface area contributed by atoms with Crippen LogP contribution in [0.15, 0.2) is 51.0 Å². The van der Waals surface area contributed by atoms with Gasteiger partial charge in [-0.1, -0.05) is 33.8 Å². The van der Waals surface area contributed by atoms with Crippen LogP contribution in [0.2, 0.25) is 0 Å².